The van der Waals surface area contributed by atoms with Crippen LogP contribution >= 0.6 is 0 Å². The lowest BCUT2D eigenvalue weighted by Gasteiger charge is -2.10. The molecule has 1 aliphatic heterocycles. The summed E-state index contributed by atoms with van der Waals surface area (Å²) in [4.78, 5) is 50.1. The molecule has 4 aromatic carbocycles. The monoisotopic (exact) mass is 748 g/mol. The van der Waals surface area contributed by atoms with Gasteiger partial charge in [-0.05, 0) is 107 Å². The van der Waals surface area contributed by atoms with Crippen molar-refractivity contribution in [1.29, 1.82) is 0 Å². The van der Waals surface area contributed by atoms with Gasteiger partial charge in [0.15, 0.2) is 0 Å². The molecule has 0 fully saturated rings. The summed E-state index contributed by atoms with van der Waals surface area (Å²) in [5.41, 5.74) is 10.2. The first-order valence-corrected chi connectivity index (χ1v) is 18.1. The second-order valence-electron chi connectivity index (χ2n) is 13.7. The Labute approximate surface area is 323 Å². The van der Waals surface area contributed by atoms with Crippen molar-refractivity contribution in [1.82, 2.24) is 19.9 Å². The summed E-state index contributed by atoms with van der Waals surface area (Å²) in [6.07, 6.45) is 0. The number of hydrogen-bond donors (Lipinski definition) is 7. The summed E-state index contributed by atoms with van der Waals surface area (Å²) in [7, 11) is 0. The van der Waals surface area contributed by atoms with Gasteiger partial charge < -0.3 is 35.3 Å². The molecule has 0 unspecified atom stereocenters. The van der Waals surface area contributed by atoms with Gasteiger partial charge in [-0.1, -0.05) is 66.7 Å². The summed E-state index contributed by atoms with van der Waals surface area (Å²) in [6, 6.07) is 46.2. The number of hydrogen-bond acceptors (Lipinski definition) is 3. The quantitative estimate of drug-likeness (QED) is 0.115. The molecule has 8 aromatic rings. The van der Waals surface area contributed by atoms with Gasteiger partial charge in [-0.3, -0.25) is 0 Å². The number of aromatic nitrogens is 4. The van der Waals surface area contributed by atoms with Crippen LogP contribution in [0.2, 0.25) is 0 Å². The van der Waals surface area contributed by atoms with Gasteiger partial charge >= 0.3 is 17.9 Å². The van der Waals surface area contributed by atoms with E-state index in [1.807, 2.05) is 78.9 Å². The Morgan fingerprint density at radius 1 is 0.298 bits per heavy atom. The average molecular weight is 749 g/mol. The number of benzene rings is 4. The normalized spacial score (nSPS) is 12.5. The molecule has 0 atom stereocenters. The molecule has 9 rings (SSSR count). The Morgan fingerprint density at radius 3 is 0.825 bits per heavy atom. The number of carbonyl (C=O) groups is 3. The minimum Gasteiger partial charge on any atom is -0.478 e. The zero-order valence-electron chi connectivity index (χ0n) is 30.0. The highest BCUT2D eigenvalue weighted by Gasteiger charge is 2.19. The topological polar surface area (TPSA) is 175 Å². The molecule has 4 aromatic heterocycles. The van der Waals surface area contributed by atoms with Gasteiger partial charge in [0.05, 0.1) is 16.7 Å². The summed E-state index contributed by atoms with van der Waals surface area (Å²) < 4.78 is 0. The van der Waals surface area contributed by atoms with Crippen LogP contribution < -0.4 is 21.4 Å². The number of aromatic carboxylic acids is 3. The number of H-pyrrole nitrogens is 4. The molecule has 10 heteroatoms. The number of carboxylic acid groups (broad SMARTS) is 3. The van der Waals surface area contributed by atoms with E-state index >= 15 is 0 Å². The number of carboxylic acids is 3. The lowest BCUT2D eigenvalue weighted by molar-refractivity contribution is 0.0686. The second-order valence-corrected chi connectivity index (χ2v) is 13.7. The largest absolute Gasteiger partial charge is 0.478 e. The van der Waals surface area contributed by atoms with Crippen LogP contribution in [0.3, 0.4) is 0 Å². The lowest BCUT2D eigenvalue weighted by atomic mass is 10.0. The summed E-state index contributed by atoms with van der Waals surface area (Å²) in [5, 5.41) is 32.1. The Morgan fingerprint density at radius 2 is 0.561 bits per heavy atom. The highest BCUT2D eigenvalue weighted by molar-refractivity contribution is 5.91. The van der Waals surface area contributed by atoms with Crippen molar-refractivity contribution in [2.45, 2.75) is 0 Å². The standard InChI is InChI=1S/C47H32N4O6/c52-45(53)30-12-6-27(7-13-30)42-35-20-18-33(48-35)41(26-4-2-1-3-5-26)34-19-21-36(49-34)43(28-8-14-31(15-9-28)46(54)55)38-23-25-40(51-38)44(39-24-22-37(42)50-39)29-10-16-32(17-11-29)47(56)57/h1-25,48-51H,(H,52,53)(H,54,55)(H,56,57). The Hall–Kier alpha value is -8.11. The molecule has 5 heterocycles. The van der Waals surface area contributed by atoms with Crippen molar-refractivity contribution in [2.75, 3.05) is 0 Å². The maximum absolute atomic E-state index is 11.8. The van der Waals surface area contributed by atoms with Crippen molar-refractivity contribution in [2.24, 2.45) is 0 Å². The van der Waals surface area contributed by atoms with E-state index in [0.29, 0.717) is 0 Å². The Bertz CT molecular complexity index is 3130. The third-order valence-electron chi connectivity index (χ3n) is 10.2. The van der Waals surface area contributed by atoms with Crippen LogP contribution in [0, 0.1) is 0 Å². The van der Waals surface area contributed by atoms with E-state index in [1.54, 1.807) is 72.8 Å². The maximum Gasteiger partial charge on any atom is 0.335 e. The van der Waals surface area contributed by atoms with E-state index in [4.69, 9.17) is 0 Å². The van der Waals surface area contributed by atoms with Crippen LogP contribution in [0.5, 0.6) is 0 Å². The fourth-order valence-corrected chi connectivity index (χ4v) is 7.51. The smallest absolute Gasteiger partial charge is 0.335 e. The zero-order chi connectivity index (χ0) is 39.2. The third kappa shape index (κ3) is 6.36. The van der Waals surface area contributed by atoms with Gasteiger partial charge in [0.1, 0.15) is 0 Å². The molecule has 0 aliphatic carbocycles. The first kappa shape index (κ1) is 34.6. The maximum atomic E-state index is 11.8. The first-order chi connectivity index (χ1) is 27.7. The molecule has 0 saturated carbocycles. The van der Waals surface area contributed by atoms with Gasteiger partial charge in [0.25, 0.3) is 0 Å². The van der Waals surface area contributed by atoms with E-state index in [0.717, 1.165) is 88.7 Å². The number of nitrogens with one attached hydrogen (secondary N) is 4. The number of rotatable bonds is 7. The van der Waals surface area contributed by atoms with Crippen LogP contribution in [0.4, 0.5) is 0 Å². The predicted molar refractivity (Wildman–Crippen MR) is 215 cm³/mol. The third-order valence-corrected chi connectivity index (χ3v) is 10.2. The molecule has 0 saturated heterocycles. The van der Waals surface area contributed by atoms with Crippen LogP contribution in [-0.2, 0) is 0 Å². The van der Waals surface area contributed by atoms with Crippen LogP contribution in [0.15, 0.2) is 152 Å². The molecular weight excluding hydrogens is 717 g/mol. The van der Waals surface area contributed by atoms with Crippen molar-refractivity contribution in [3.8, 4) is 0 Å². The number of aromatic amines is 4. The molecule has 1 aliphatic rings. The lowest BCUT2D eigenvalue weighted by Crippen LogP contribution is -2.19. The molecule has 57 heavy (non-hydrogen) atoms. The highest BCUT2D eigenvalue weighted by atomic mass is 16.4. The molecule has 276 valence electrons. The van der Waals surface area contributed by atoms with Gasteiger partial charge in [-0.25, -0.2) is 14.4 Å². The van der Waals surface area contributed by atoms with Gasteiger partial charge in [-0.2, -0.15) is 0 Å². The average Bonchev–Trinajstić information content (AvgIpc) is 4.07. The van der Waals surface area contributed by atoms with Crippen molar-refractivity contribution in [3.63, 3.8) is 0 Å². The molecule has 0 spiro atoms. The van der Waals surface area contributed by atoms with Gasteiger partial charge in [0, 0.05) is 66.5 Å². The molecule has 10 nitrogen and oxygen atoms in total. The molecule has 0 amide bonds. The van der Waals surface area contributed by atoms with Crippen molar-refractivity contribution < 1.29 is 29.7 Å². The minimum atomic E-state index is -1.03. The second kappa shape index (κ2) is 13.9. The summed E-state index contributed by atoms with van der Waals surface area (Å²) in [5.74, 6) is -3.06. The van der Waals surface area contributed by atoms with Crippen molar-refractivity contribution in [3.05, 3.63) is 235 Å². The fourth-order valence-electron chi connectivity index (χ4n) is 7.51. The predicted octanol–water partition coefficient (Wildman–Crippen LogP) is 5.40. The zero-order valence-corrected chi connectivity index (χ0v) is 30.0. The van der Waals surface area contributed by atoms with E-state index in [-0.39, 0.29) is 16.7 Å². The fraction of sp³-hybridized carbons (Fsp3) is 0. The van der Waals surface area contributed by atoms with E-state index in [1.165, 1.54) is 0 Å². The van der Waals surface area contributed by atoms with Gasteiger partial charge in [0.2, 0.25) is 0 Å². The molecule has 8 bridgehead atoms. The van der Waals surface area contributed by atoms with E-state index in [2.05, 4.69) is 19.9 Å². The van der Waals surface area contributed by atoms with E-state index < -0.39 is 17.9 Å². The van der Waals surface area contributed by atoms with E-state index in [9.17, 15) is 29.7 Å². The molecule has 7 N–H and O–H groups in total. The minimum absolute atomic E-state index is 0.157. The van der Waals surface area contributed by atoms with Crippen LogP contribution in [0.1, 0.15) is 76.1 Å². The van der Waals surface area contributed by atoms with Crippen LogP contribution in [0.25, 0.3) is 22.3 Å². The Kier molecular flexibility index (Phi) is 8.48. The van der Waals surface area contributed by atoms with Crippen LogP contribution in [-0.4, -0.2) is 53.2 Å². The number of fused-ring (bicyclic) bond motifs is 8. The van der Waals surface area contributed by atoms with Crippen molar-refractivity contribution >= 4 is 40.2 Å². The highest BCUT2D eigenvalue weighted by Crippen LogP contribution is 2.28. The summed E-state index contributed by atoms with van der Waals surface area (Å²) in [6.45, 7) is 0. The summed E-state index contributed by atoms with van der Waals surface area (Å²) >= 11 is 0. The van der Waals surface area contributed by atoms with Gasteiger partial charge in [-0.15, -0.1) is 0 Å². The molecular formula is C47H32N4O6. The SMILES string of the molecule is O=C(O)c1ccc(C2=c3ccc([nH]3)=C(c3ccccc3)c3ccc([nH]3)C(c3ccc(C(=O)O)cc3)=c3ccc([nH]3)=C(c3ccc(C(=O)O)cc3)c3ccc2[nH]3)cc1. The first-order valence-electron chi connectivity index (χ1n) is 18.1. The Balaban J connectivity index is 1.40. The molecule has 0 radical (unpaired) electrons.